The first-order valence-electron chi connectivity index (χ1n) is 24.9. The molecule has 15 heteroatoms. The number of imidazole rings is 2. The van der Waals surface area contributed by atoms with Gasteiger partial charge in [0.2, 0.25) is 11.8 Å². The van der Waals surface area contributed by atoms with Crippen molar-refractivity contribution in [2.24, 2.45) is 0 Å². The maximum absolute atomic E-state index is 13.4. The first-order chi connectivity index (χ1) is 33.6. The molecule has 3 aliphatic heterocycles. The zero-order valence-corrected chi connectivity index (χ0v) is 40.5. The summed E-state index contributed by atoms with van der Waals surface area (Å²) >= 11 is 0. The molecule has 69 heavy (non-hydrogen) atoms. The second-order valence-electron chi connectivity index (χ2n) is 19.7. The zero-order chi connectivity index (χ0) is 47.5. The van der Waals surface area contributed by atoms with Gasteiger partial charge in [-0.25, -0.2) is 9.97 Å². The van der Waals surface area contributed by atoms with Crippen LogP contribution in [0.4, 0.5) is 5.69 Å². The number of hydrogen-bond acceptors (Lipinski definition) is 11. The van der Waals surface area contributed by atoms with E-state index in [2.05, 4.69) is 67.2 Å². The molecule has 2 amide bonds. The number of hydrogen-bond donors (Lipinski definition) is 1. The van der Waals surface area contributed by atoms with Gasteiger partial charge in [0.25, 0.3) is 0 Å². The highest BCUT2D eigenvalue weighted by Gasteiger charge is 2.39. The molecular formula is C54H62N8O7. The number of nitrogens with one attached hydrogen (secondary N) is 1. The van der Waals surface area contributed by atoms with Crippen LogP contribution in [0.1, 0.15) is 141 Å². The topological polar surface area (TPSA) is 165 Å². The minimum Gasteiger partial charge on any atom is -0.493 e. The molecule has 12 rings (SSSR count). The van der Waals surface area contributed by atoms with Crippen molar-refractivity contribution in [3.63, 3.8) is 0 Å². The Labute approximate surface area is 401 Å². The zero-order valence-electron chi connectivity index (χ0n) is 40.5. The number of amides is 2. The van der Waals surface area contributed by atoms with E-state index in [-0.39, 0.29) is 23.9 Å². The molecule has 7 aromatic rings. The monoisotopic (exact) mass is 934 g/mol. The quantitative estimate of drug-likeness (QED) is 0.146. The lowest BCUT2D eigenvalue weighted by molar-refractivity contribution is -0.119. The maximum Gasteiger partial charge on any atom is 0.227 e. The standard InChI is InChI=1S/C31H34N4O4.C23H28N4O3/c1-18-30(19(2)39-33-18)21-4-10-26-25(17-21)32-31(35(26)22-5-8-24(37-3)9-6-22)27-11-13-29(36)34(27)23-7-12-28-20(16-23)14-15-38-28;1-13-22(14(2)30-26-13)15-4-10-20-19(12-15)25-23(18-9-11-21(28)24-18)27(20)16-5-7-17(29-3)8-6-16/h4,7,10,12,16-17,22,24,27H,5-6,8-9,11,13-15H2,1-3H3;4,10,12,16-18H,5-9,11H2,1-3H3,(H,24,28)/t22?,24?,27-;16?,17?,18-/m00/s1. The number of carbonyl (C=O) groups is 2. The number of fused-ring (bicyclic) bond motifs is 3. The fourth-order valence-corrected chi connectivity index (χ4v) is 12.0. The largest absolute Gasteiger partial charge is 0.493 e. The van der Waals surface area contributed by atoms with Crippen molar-refractivity contribution < 1.29 is 32.8 Å². The van der Waals surface area contributed by atoms with Crippen molar-refractivity contribution >= 4 is 39.6 Å². The van der Waals surface area contributed by atoms with E-state index in [9.17, 15) is 9.59 Å². The van der Waals surface area contributed by atoms with Crippen molar-refractivity contribution in [1.82, 2.24) is 34.7 Å². The molecule has 2 saturated heterocycles. The minimum absolute atomic E-state index is 0.0208. The number of rotatable bonds is 9. The predicted octanol–water partition coefficient (Wildman–Crippen LogP) is 10.6. The molecule has 0 bridgehead atoms. The van der Waals surface area contributed by atoms with E-state index < -0.39 is 0 Å². The summed E-state index contributed by atoms with van der Waals surface area (Å²) in [6, 6.07) is 19.6. The first kappa shape index (κ1) is 45.1. The van der Waals surface area contributed by atoms with Crippen LogP contribution in [0.2, 0.25) is 0 Å². The molecule has 15 nitrogen and oxygen atoms in total. The van der Waals surface area contributed by atoms with Gasteiger partial charge in [0.1, 0.15) is 28.9 Å². The molecule has 3 aromatic carbocycles. The Hall–Kier alpha value is -6.32. The first-order valence-corrected chi connectivity index (χ1v) is 24.9. The summed E-state index contributed by atoms with van der Waals surface area (Å²) < 4.78 is 32.6. The number of carbonyl (C=O) groups excluding carboxylic acids is 2. The molecule has 2 aliphatic carbocycles. The van der Waals surface area contributed by atoms with Crippen molar-refractivity contribution in [3.05, 3.63) is 94.7 Å². The van der Waals surface area contributed by atoms with Gasteiger partial charge in [-0.15, -0.1) is 0 Å². The number of aromatic nitrogens is 6. The van der Waals surface area contributed by atoms with Crippen LogP contribution in [0, 0.1) is 27.7 Å². The molecule has 2 saturated carbocycles. The number of aryl methyl sites for hydroxylation is 4. The van der Waals surface area contributed by atoms with Gasteiger partial charge in [-0.3, -0.25) is 9.59 Å². The van der Waals surface area contributed by atoms with E-state index in [1.807, 2.05) is 51.8 Å². The molecule has 0 spiro atoms. The smallest absolute Gasteiger partial charge is 0.227 e. The van der Waals surface area contributed by atoms with Gasteiger partial charge < -0.3 is 42.6 Å². The number of benzene rings is 3. The van der Waals surface area contributed by atoms with Crippen molar-refractivity contribution in [1.29, 1.82) is 0 Å². The lowest BCUT2D eigenvalue weighted by atomic mass is 9.92. The third-order valence-corrected chi connectivity index (χ3v) is 15.5. The van der Waals surface area contributed by atoms with Crippen molar-refractivity contribution in [2.45, 2.75) is 148 Å². The van der Waals surface area contributed by atoms with E-state index in [0.717, 1.165) is 161 Å². The van der Waals surface area contributed by atoms with Crippen LogP contribution < -0.4 is 15.0 Å². The molecule has 0 radical (unpaired) electrons. The van der Waals surface area contributed by atoms with Crippen LogP contribution >= 0.6 is 0 Å². The number of anilines is 1. The summed E-state index contributed by atoms with van der Waals surface area (Å²) in [6.45, 7) is 8.51. The van der Waals surface area contributed by atoms with Gasteiger partial charge in [-0.1, -0.05) is 22.4 Å². The third-order valence-electron chi connectivity index (χ3n) is 15.5. The predicted molar refractivity (Wildman–Crippen MR) is 261 cm³/mol. The van der Waals surface area contributed by atoms with Crippen LogP contribution in [0.15, 0.2) is 63.6 Å². The van der Waals surface area contributed by atoms with Gasteiger partial charge in [-0.05, 0) is 151 Å². The van der Waals surface area contributed by atoms with E-state index in [1.165, 1.54) is 5.56 Å². The molecule has 0 unspecified atom stereocenters. The molecule has 2 atom stereocenters. The van der Waals surface area contributed by atoms with Crippen molar-refractivity contribution in [2.75, 3.05) is 25.7 Å². The Bertz CT molecular complexity index is 3020. The molecule has 1 N–H and O–H groups in total. The second kappa shape index (κ2) is 18.5. The summed E-state index contributed by atoms with van der Waals surface area (Å²) in [4.78, 5) is 37.6. The van der Waals surface area contributed by atoms with Gasteiger partial charge in [-0.2, -0.15) is 0 Å². The molecule has 5 aliphatic rings. The molecule has 4 aromatic heterocycles. The Morgan fingerprint density at radius 3 is 1.71 bits per heavy atom. The highest BCUT2D eigenvalue weighted by molar-refractivity contribution is 5.97. The minimum atomic E-state index is -0.118. The number of methoxy groups -OCH3 is 2. The Kier molecular flexibility index (Phi) is 12.1. The Morgan fingerprint density at radius 1 is 0.623 bits per heavy atom. The summed E-state index contributed by atoms with van der Waals surface area (Å²) in [5.41, 5.74) is 12.2. The number of nitrogens with zero attached hydrogens (tertiary/aromatic N) is 7. The Morgan fingerprint density at radius 2 is 1.19 bits per heavy atom. The van der Waals surface area contributed by atoms with E-state index in [0.29, 0.717) is 43.7 Å². The normalized spacial score (nSPS) is 23.7. The van der Waals surface area contributed by atoms with E-state index in [4.69, 9.17) is 33.2 Å². The average Bonchev–Trinajstić information content (AvgIpc) is 4.25. The van der Waals surface area contributed by atoms with Crippen LogP contribution in [0.3, 0.4) is 0 Å². The van der Waals surface area contributed by atoms with Gasteiger partial charge in [0.05, 0.1) is 64.4 Å². The summed E-state index contributed by atoms with van der Waals surface area (Å²) in [6.07, 6.45) is 12.5. The molecule has 4 fully saturated rings. The Balaban J connectivity index is 0.000000156. The third kappa shape index (κ3) is 8.30. The van der Waals surface area contributed by atoms with Gasteiger partial charge in [0, 0.05) is 62.4 Å². The fraction of sp³-hybridized carbons (Fsp3) is 0.481. The van der Waals surface area contributed by atoms with Gasteiger partial charge >= 0.3 is 0 Å². The highest BCUT2D eigenvalue weighted by Crippen LogP contribution is 2.44. The lowest BCUT2D eigenvalue weighted by Gasteiger charge is -2.32. The highest BCUT2D eigenvalue weighted by atomic mass is 16.5. The van der Waals surface area contributed by atoms with Gasteiger partial charge in [0.15, 0.2) is 0 Å². The fourth-order valence-electron chi connectivity index (χ4n) is 12.0. The number of ether oxygens (including phenoxy) is 3. The summed E-state index contributed by atoms with van der Waals surface area (Å²) in [5, 5.41) is 11.4. The molecule has 7 heterocycles. The average molecular weight is 935 g/mol. The van der Waals surface area contributed by atoms with Crippen LogP contribution in [-0.2, 0) is 25.5 Å². The van der Waals surface area contributed by atoms with E-state index >= 15 is 0 Å². The summed E-state index contributed by atoms with van der Waals surface area (Å²) in [7, 11) is 3.61. The van der Waals surface area contributed by atoms with Crippen LogP contribution in [-0.4, -0.2) is 74.3 Å². The second-order valence-corrected chi connectivity index (χ2v) is 19.7. The molecule has 360 valence electrons. The summed E-state index contributed by atoms with van der Waals surface area (Å²) in [5.74, 6) is 4.76. The molecular weight excluding hydrogens is 873 g/mol. The maximum atomic E-state index is 13.4. The van der Waals surface area contributed by atoms with Crippen LogP contribution in [0.25, 0.3) is 44.3 Å². The van der Waals surface area contributed by atoms with E-state index in [1.54, 1.807) is 7.11 Å². The SMILES string of the molecule is COC1CCC(n2c([C@@H]3CCC(=O)N3)nc3cc(-c4c(C)noc4C)ccc32)CC1.COC1CCC(n2c([C@@H]3CCC(=O)N3c3ccc4c(c3)CCO4)nc3cc(-c4c(C)noc4C)ccc32)CC1. The lowest BCUT2D eigenvalue weighted by Crippen LogP contribution is -2.31. The van der Waals surface area contributed by atoms with Crippen molar-refractivity contribution in [3.8, 4) is 28.0 Å². The van der Waals surface area contributed by atoms with Crippen LogP contribution in [0.5, 0.6) is 5.75 Å².